The second-order valence-electron chi connectivity index (χ2n) is 6.00. The number of amides is 2. The number of rotatable bonds is 6. The fraction of sp³-hybridized carbons (Fsp3) is 0.0952. The lowest BCUT2D eigenvalue weighted by Crippen LogP contribution is -2.13. The summed E-state index contributed by atoms with van der Waals surface area (Å²) in [5.74, 6) is 0.200. The van der Waals surface area contributed by atoms with Crippen molar-refractivity contribution in [2.45, 2.75) is 6.92 Å². The fourth-order valence-corrected chi connectivity index (χ4v) is 2.62. The van der Waals surface area contributed by atoms with Gasteiger partial charge in [0.2, 0.25) is 5.91 Å². The van der Waals surface area contributed by atoms with E-state index in [0.29, 0.717) is 28.4 Å². The lowest BCUT2D eigenvalue weighted by atomic mass is 10.2. The minimum atomic E-state index is -0.309. The Hall–Kier alpha value is -3.87. The van der Waals surface area contributed by atoms with Crippen molar-refractivity contribution in [3.8, 4) is 5.75 Å². The molecule has 7 nitrogen and oxygen atoms in total. The summed E-state index contributed by atoms with van der Waals surface area (Å²) in [7, 11) is 1.59. The Kier molecular flexibility index (Phi) is 5.86. The maximum atomic E-state index is 12.6. The van der Waals surface area contributed by atoms with Crippen LogP contribution >= 0.6 is 0 Å². The molecular weight excluding hydrogens is 356 g/mol. The van der Waals surface area contributed by atoms with Gasteiger partial charge in [0.05, 0.1) is 30.2 Å². The van der Waals surface area contributed by atoms with Crippen LogP contribution in [0.2, 0.25) is 0 Å². The molecule has 0 bridgehead atoms. The molecule has 142 valence electrons. The molecule has 0 radical (unpaired) electrons. The monoisotopic (exact) mass is 376 g/mol. The summed E-state index contributed by atoms with van der Waals surface area (Å²) in [6.07, 6.45) is 3.11. The molecule has 0 aliphatic heterocycles. The number of benzene rings is 2. The second-order valence-corrected chi connectivity index (χ2v) is 6.00. The zero-order chi connectivity index (χ0) is 19.9. The van der Waals surface area contributed by atoms with Crippen LogP contribution in [-0.4, -0.2) is 23.9 Å². The smallest absolute Gasteiger partial charge is 0.257 e. The first-order chi connectivity index (χ1) is 13.5. The van der Waals surface area contributed by atoms with E-state index in [-0.39, 0.29) is 11.8 Å². The molecule has 2 amide bonds. The summed E-state index contributed by atoms with van der Waals surface area (Å²) in [5, 5.41) is 8.68. The van der Waals surface area contributed by atoms with E-state index in [4.69, 9.17) is 4.74 Å². The van der Waals surface area contributed by atoms with Crippen LogP contribution in [0.5, 0.6) is 5.75 Å². The van der Waals surface area contributed by atoms with Crippen LogP contribution in [0.25, 0.3) is 0 Å². The number of aromatic nitrogens is 1. The lowest BCUT2D eigenvalue weighted by molar-refractivity contribution is -0.114. The van der Waals surface area contributed by atoms with E-state index in [1.54, 1.807) is 43.6 Å². The molecule has 0 saturated carbocycles. The highest BCUT2D eigenvalue weighted by Crippen LogP contribution is 2.27. The number of nitrogens with one attached hydrogen (secondary N) is 3. The van der Waals surface area contributed by atoms with E-state index in [1.165, 1.54) is 13.1 Å². The van der Waals surface area contributed by atoms with Gasteiger partial charge in [0.25, 0.3) is 5.91 Å². The lowest BCUT2D eigenvalue weighted by Gasteiger charge is -2.12. The van der Waals surface area contributed by atoms with E-state index in [1.807, 2.05) is 24.3 Å². The summed E-state index contributed by atoms with van der Waals surface area (Å²) >= 11 is 0. The molecule has 3 rings (SSSR count). The van der Waals surface area contributed by atoms with Gasteiger partial charge in [0.1, 0.15) is 5.75 Å². The van der Waals surface area contributed by atoms with Crippen LogP contribution < -0.4 is 20.7 Å². The van der Waals surface area contributed by atoms with Gasteiger partial charge in [-0.1, -0.05) is 18.2 Å². The van der Waals surface area contributed by atoms with Crippen LogP contribution in [0, 0.1) is 0 Å². The largest absolute Gasteiger partial charge is 0.495 e. The first-order valence-electron chi connectivity index (χ1n) is 8.59. The number of anilines is 4. The molecule has 0 atom stereocenters. The summed E-state index contributed by atoms with van der Waals surface area (Å²) in [6.45, 7) is 1.43. The Morgan fingerprint density at radius 2 is 1.64 bits per heavy atom. The minimum absolute atomic E-state index is 0.178. The number of nitrogens with zero attached hydrogens (tertiary/aromatic N) is 1. The average Bonchev–Trinajstić information content (AvgIpc) is 2.68. The van der Waals surface area contributed by atoms with Crippen LogP contribution in [-0.2, 0) is 4.79 Å². The zero-order valence-corrected chi connectivity index (χ0v) is 15.5. The molecule has 1 heterocycles. The van der Waals surface area contributed by atoms with Crippen molar-refractivity contribution in [2.75, 3.05) is 23.1 Å². The molecule has 1 aromatic heterocycles. The van der Waals surface area contributed by atoms with Crippen molar-refractivity contribution in [1.82, 2.24) is 4.98 Å². The van der Waals surface area contributed by atoms with Crippen molar-refractivity contribution in [3.63, 3.8) is 0 Å². The predicted molar refractivity (Wildman–Crippen MR) is 109 cm³/mol. The van der Waals surface area contributed by atoms with Gasteiger partial charge in [0, 0.05) is 24.5 Å². The molecule has 0 fully saturated rings. The third-order valence-electron chi connectivity index (χ3n) is 3.83. The molecule has 3 aromatic rings. The number of pyridine rings is 1. The van der Waals surface area contributed by atoms with Crippen LogP contribution in [0.4, 0.5) is 22.7 Å². The normalized spacial score (nSPS) is 10.1. The van der Waals surface area contributed by atoms with E-state index in [9.17, 15) is 9.59 Å². The van der Waals surface area contributed by atoms with Crippen molar-refractivity contribution < 1.29 is 14.3 Å². The van der Waals surface area contributed by atoms with Gasteiger partial charge in [-0.3, -0.25) is 14.6 Å². The van der Waals surface area contributed by atoms with Gasteiger partial charge in [-0.25, -0.2) is 0 Å². The molecule has 0 spiro atoms. The van der Waals surface area contributed by atoms with Gasteiger partial charge < -0.3 is 20.7 Å². The van der Waals surface area contributed by atoms with E-state index in [0.717, 1.165) is 5.69 Å². The summed E-state index contributed by atoms with van der Waals surface area (Å²) in [6, 6.07) is 16.1. The van der Waals surface area contributed by atoms with Crippen LogP contribution in [0.3, 0.4) is 0 Å². The second kappa shape index (κ2) is 8.68. The third-order valence-corrected chi connectivity index (χ3v) is 3.83. The number of carbonyl (C=O) groups excluding carboxylic acids is 2. The first-order valence-corrected chi connectivity index (χ1v) is 8.59. The summed E-state index contributed by atoms with van der Waals surface area (Å²) in [4.78, 5) is 27.9. The van der Waals surface area contributed by atoms with Crippen molar-refractivity contribution >= 4 is 34.6 Å². The van der Waals surface area contributed by atoms with E-state index < -0.39 is 0 Å². The molecule has 3 N–H and O–H groups in total. The number of hydrogen-bond donors (Lipinski definition) is 3. The Morgan fingerprint density at radius 3 is 2.39 bits per heavy atom. The molecule has 0 saturated heterocycles. The Labute approximate surface area is 162 Å². The Morgan fingerprint density at radius 1 is 0.893 bits per heavy atom. The fourth-order valence-electron chi connectivity index (χ4n) is 2.62. The van der Waals surface area contributed by atoms with Crippen LogP contribution in [0.1, 0.15) is 17.3 Å². The highest BCUT2D eigenvalue weighted by Gasteiger charge is 2.09. The number of hydrogen-bond acceptors (Lipinski definition) is 5. The molecule has 7 heteroatoms. The standard InChI is InChI=1S/C21H20N4O3/c1-14(26)23-16-6-5-7-17(11-16)25-21(27)15-10-18(13-22-12-15)24-19-8-3-4-9-20(19)28-2/h3-13,24H,1-2H3,(H,23,26)(H,25,27). The predicted octanol–water partition coefficient (Wildman–Crippen LogP) is 4.04. The maximum Gasteiger partial charge on any atom is 0.257 e. The highest BCUT2D eigenvalue weighted by atomic mass is 16.5. The Balaban J connectivity index is 1.74. The average molecular weight is 376 g/mol. The summed E-state index contributed by atoms with van der Waals surface area (Å²) in [5.41, 5.74) is 3.00. The molecule has 2 aromatic carbocycles. The quantitative estimate of drug-likeness (QED) is 0.604. The van der Waals surface area contributed by atoms with Crippen molar-refractivity contribution in [1.29, 1.82) is 0 Å². The Bertz CT molecular complexity index is 1000. The number of para-hydroxylation sites is 2. The van der Waals surface area contributed by atoms with Gasteiger partial charge in [0.15, 0.2) is 0 Å². The molecule has 28 heavy (non-hydrogen) atoms. The molecule has 0 aliphatic carbocycles. The minimum Gasteiger partial charge on any atom is -0.495 e. The zero-order valence-electron chi connectivity index (χ0n) is 15.5. The van der Waals surface area contributed by atoms with Crippen molar-refractivity contribution in [2.24, 2.45) is 0 Å². The topological polar surface area (TPSA) is 92.3 Å². The van der Waals surface area contributed by atoms with Gasteiger partial charge in [-0.15, -0.1) is 0 Å². The summed E-state index contributed by atoms with van der Waals surface area (Å²) < 4.78 is 5.32. The number of ether oxygens (including phenoxy) is 1. The number of carbonyl (C=O) groups is 2. The first kappa shape index (κ1) is 18.9. The van der Waals surface area contributed by atoms with E-state index in [2.05, 4.69) is 20.9 Å². The van der Waals surface area contributed by atoms with Crippen LogP contribution in [0.15, 0.2) is 67.0 Å². The molecular formula is C21H20N4O3. The van der Waals surface area contributed by atoms with Gasteiger partial charge in [-0.05, 0) is 36.4 Å². The maximum absolute atomic E-state index is 12.6. The van der Waals surface area contributed by atoms with Crippen molar-refractivity contribution in [3.05, 3.63) is 72.6 Å². The number of methoxy groups -OCH3 is 1. The third kappa shape index (κ3) is 4.85. The molecule has 0 unspecified atom stereocenters. The molecule has 0 aliphatic rings. The highest BCUT2D eigenvalue weighted by molar-refractivity contribution is 6.05. The van der Waals surface area contributed by atoms with Gasteiger partial charge >= 0.3 is 0 Å². The SMILES string of the molecule is COc1ccccc1Nc1cncc(C(=O)Nc2cccc(NC(C)=O)c2)c1. The van der Waals surface area contributed by atoms with Gasteiger partial charge in [-0.2, -0.15) is 0 Å². The van der Waals surface area contributed by atoms with E-state index >= 15 is 0 Å².